The molecule has 1 aliphatic heterocycles. The topological polar surface area (TPSA) is 18.5 Å². The number of rotatable bonds is 1. The van der Waals surface area contributed by atoms with E-state index in [0.29, 0.717) is 0 Å². The molecule has 3 aliphatic rings. The molecular formula is C27H27O2P. The molecule has 3 aromatic rings. The highest BCUT2D eigenvalue weighted by molar-refractivity contribution is 7.56. The molecule has 30 heavy (non-hydrogen) atoms. The monoisotopic (exact) mass is 414 g/mol. The van der Waals surface area contributed by atoms with Gasteiger partial charge in [-0.25, -0.2) is 0 Å². The van der Waals surface area contributed by atoms with Crippen molar-refractivity contribution in [3.8, 4) is 11.5 Å². The van der Waals surface area contributed by atoms with Crippen LogP contribution >= 0.6 is 8.38 Å². The van der Waals surface area contributed by atoms with Crippen molar-refractivity contribution in [2.75, 3.05) is 0 Å². The summed E-state index contributed by atoms with van der Waals surface area (Å²) >= 11 is 0. The lowest BCUT2D eigenvalue weighted by atomic mass is 9.72. The van der Waals surface area contributed by atoms with E-state index in [2.05, 4.69) is 88.4 Å². The average molecular weight is 414 g/mol. The van der Waals surface area contributed by atoms with Crippen LogP contribution in [0, 0.1) is 0 Å². The van der Waals surface area contributed by atoms with Gasteiger partial charge in [-0.2, -0.15) is 0 Å². The minimum Gasteiger partial charge on any atom is -0.435 e. The molecule has 2 aliphatic carbocycles. The standard InChI is InChI=1S/C27H27O2P/c1-25(2)16-27-17-26(3,4)20-13-9-15-22(24(20)27)29-30(18-10-6-5-7-11-18)28-21-14-8-12-19(25)23(21)27/h5-15H,16-17H2,1-4H3. The first-order chi connectivity index (χ1) is 14.3. The van der Waals surface area contributed by atoms with Gasteiger partial charge in [-0.15, -0.1) is 0 Å². The average Bonchev–Trinajstić information content (AvgIpc) is 3.08. The first kappa shape index (κ1) is 18.5. The fourth-order valence-electron chi connectivity index (χ4n) is 6.42. The van der Waals surface area contributed by atoms with Crippen molar-refractivity contribution in [2.45, 2.75) is 56.8 Å². The molecule has 0 atom stereocenters. The fourth-order valence-corrected chi connectivity index (χ4v) is 7.75. The van der Waals surface area contributed by atoms with Crippen LogP contribution < -0.4 is 14.4 Å². The van der Waals surface area contributed by atoms with E-state index < -0.39 is 8.38 Å². The van der Waals surface area contributed by atoms with E-state index in [9.17, 15) is 0 Å². The molecule has 2 nitrogen and oxygen atoms in total. The Balaban J connectivity index is 1.69. The van der Waals surface area contributed by atoms with Crippen molar-refractivity contribution < 1.29 is 9.05 Å². The number of hydrogen-bond donors (Lipinski definition) is 0. The first-order valence-electron chi connectivity index (χ1n) is 10.8. The van der Waals surface area contributed by atoms with E-state index in [-0.39, 0.29) is 16.2 Å². The maximum Gasteiger partial charge on any atom is 0.326 e. The molecule has 0 N–H and O–H groups in total. The van der Waals surface area contributed by atoms with Gasteiger partial charge in [0.25, 0.3) is 0 Å². The maximum absolute atomic E-state index is 6.73. The molecule has 152 valence electrons. The van der Waals surface area contributed by atoms with Gasteiger partial charge in [-0.05, 0) is 59.1 Å². The lowest BCUT2D eigenvalue weighted by molar-refractivity contribution is 0.339. The second kappa shape index (κ2) is 5.89. The van der Waals surface area contributed by atoms with Crippen molar-refractivity contribution in [1.82, 2.24) is 0 Å². The third kappa shape index (κ3) is 2.35. The Morgan fingerprint density at radius 3 is 1.63 bits per heavy atom. The summed E-state index contributed by atoms with van der Waals surface area (Å²) in [6.07, 6.45) is 2.19. The Hall–Kier alpha value is -2.31. The van der Waals surface area contributed by atoms with Crippen LogP contribution in [0.5, 0.6) is 11.5 Å². The number of hydrogen-bond acceptors (Lipinski definition) is 2. The zero-order chi connectivity index (χ0) is 20.7. The Morgan fingerprint density at radius 1 is 0.633 bits per heavy atom. The van der Waals surface area contributed by atoms with E-state index in [1.165, 1.54) is 22.3 Å². The van der Waals surface area contributed by atoms with Crippen molar-refractivity contribution in [3.05, 3.63) is 89.0 Å². The van der Waals surface area contributed by atoms with Gasteiger partial charge in [0, 0.05) is 16.5 Å². The van der Waals surface area contributed by atoms with E-state index in [1.807, 2.05) is 6.07 Å². The second-order valence-corrected chi connectivity index (χ2v) is 11.7. The van der Waals surface area contributed by atoms with Crippen molar-refractivity contribution in [1.29, 1.82) is 0 Å². The third-order valence-electron chi connectivity index (χ3n) is 7.28. The van der Waals surface area contributed by atoms with Crippen LogP contribution in [-0.4, -0.2) is 0 Å². The van der Waals surface area contributed by atoms with Crippen LogP contribution in [0.3, 0.4) is 0 Å². The molecule has 3 aromatic carbocycles. The molecule has 6 rings (SSSR count). The molecule has 0 unspecified atom stereocenters. The second-order valence-electron chi connectivity index (χ2n) is 10.3. The minimum atomic E-state index is -1.26. The van der Waals surface area contributed by atoms with Gasteiger partial charge in [0.1, 0.15) is 11.5 Å². The lowest BCUT2D eigenvalue weighted by Crippen LogP contribution is -2.28. The zero-order valence-electron chi connectivity index (χ0n) is 18.0. The summed E-state index contributed by atoms with van der Waals surface area (Å²) in [6, 6.07) is 23.6. The summed E-state index contributed by atoms with van der Waals surface area (Å²) in [5, 5.41) is 1.10. The van der Waals surface area contributed by atoms with E-state index in [1.54, 1.807) is 0 Å². The normalized spacial score (nSPS) is 21.6. The molecule has 0 aromatic heterocycles. The van der Waals surface area contributed by atoms with Gasteiger partial charge in [0.15, 0.2) is 0 Å². The summed E-state index contributed by atoms with van der Waals surface area (Å²) in [5.41, 5.74) is 5.82. The molecule has 0 fully saturated rings. The van der Waals surface area contributed by atoms with Crippen molar-refractivity contribution >= 4 is 13.7 Å². The highest BCUT2D eigenvalue weighted by atomic mass is 31.2. The lowest BCUT2D eigenvalue weighted by Gasteiger charge is -2.35. The van der Waals surface area contributed by atoms with Crippen LogP contribution in [0.25, 0.3) is 0 Å². The highest BCUT2D eigenvalue weighted by Gasteiger charge is 2.59. The molecule has 0 saturated carbocycles. The fraction of sp³-hybridized carbons (Fsp3) is 0.333. The molecule has 1 heterocycles. The highest BCUT2D eigenvalue weighted by Crippen LogP contribution is 2.68. The zero-order valence-corrected chi connectivity index (χ0v) is 18.9. The SMILES string of the molecule is CC1(C)CC23CC(C)(C)c4cccc(c42)OP(c2ccccc2)Oc2cccc1c23. The smallest absolute Gasteiger partial charge is 0.326 e. The predicted octanol–water partition coefficient (Wildman–Crippen LogP) is 6.74. The van der Waals surface area contributed by atoms with Gasteiger partial charge in [-0.1, -0.05) is 70.2 Å². The van der Waals surface area contributed by atoms with Crippen LogP contribution in [0.4, 0.5) is 0 Å². The summed E-state index contributed by atoms with van der Waals surface area (Å²) < 4.78 is 13.5. The van der Waals surface area contributed by atoms with Gasteiger partial charge < -0.3 is 9.05 Å². The summed E-state index contributed by atoms with van der Waals surface area (Å²) in [5.74, 6) is 2.01. The van der Waals surface area contributed by atoms with Gasteiger partial charge in [-0.3, -0.25) is 0 Å². The molecule has 0 amide bonds. The summed E-state index contributed by atoms with van der Waals surface area (Å²) in [7, 11) is -1.26. The Kier molecular flexibility index (Phi) is 3.62. The van der Waals surface area contributed by atoms with Crippen molar-refractivity contribution in [3.63, 3.8) is 0 Å². The van der Waals surface area contributed by atoms with Gasteiger partial charge >= 0.3 is 8.38 Å². The molecule has 1 spiro atoms. The Morgan fingerprint density at radius 2 is 1.13 bits per heavy atom. The summed E-state index contributed by atoms with van der Waals surface area (Å²) in [6.45, 7) is 9.54. The van der Waals surface area contributed by atoms with E-state index in [4.69, 9.17) is 9.05 Å². The Bertz CT molecular complexity index is 1090. The first-order valence-corrected chi connectivity index (χ1v) is 12.0. The van der Waals surface area contributed by atoms with Gasteiger partial charge in [0.05, 0.1) is 5.30 Å². The molecule has 0 saturated heterocycles. The minimum absolute atomic E-state index is 0.0526. The quantitative estimate of drug-likeness (QED) is 0.410. The molecule has 0 radical (unpaired) electrons. The van der Waals surface area contributed by atoms with Gasteiger partial charge in [0.2, 0.25) is 0 Å². The number of benzene rings is 3. The summed E-state index contributed by atoms with van der Waals surface area (Å²) in [4.78, 5) is 0. The van der Waals surface area contributed by atoms with E-state index >= 15 is 0 Å². The largest absolute Gasteiger partial charge is 0.435 e. The van der Waals surface area contributed by atoms with E-state index in [0.717, 1.165) is 29.6 Å². The molecule has 0 bridgehead atoms. The maximum atomic E-state index is 6.73. The van der Waals surface area contributed by atoms with Crippen LogP contribution in [0.1, 0.15) is 62.8 Å². The van der Waals surface area contributed by atoms with Crippen LogP contribution in [0.2, 0.25) is 0 Å². The van der Waals surface area contributed by atoms with Crippen LogP contribution in [0.15, 0.2) is 66.7 Å². The third-order valence-corrected chi connectivity index (χ3v) is 8.73. The Labute approximate surface area is 180 Å². The molecule has 3 heteroatoms. The van der Waals surface area contributed by atoms with Crippen LogP contribution in [-0.2, 0) is 16.2 Å². The molecular weight excluding hydrogens is 387 g/mol. The predicted molar refractivity (Wildman–Crippen MR) is 123 cm³/mol. The van der Waals surface area contributed by atoms with Crippen molar-refractivity contribution in [2.24, 2.45) is 0 Å².